The van der Waals surface area contributed by atoms with Crippen molar-refractivity contribution < 1.29 is 9.53 Å². The van der Waals surface area contributed by atoms with Crippen LogP contribution < -0.4 is 10.1 Å². The smallest absolute Gasteiger partial charge is 0.236 e. The highest BCUT2D eigenvalue weighted by Gasteiger charge is 2.13. The third-order valence-electron chi connectivity index (χ3n) is 4.38. The molecule has 2 heterocycles. The molecule has 1 N–H and O–H groups in total. The third kappa shape index (κ3) is 4.80. The summed E-state index contributed by atoms with van der Waals surface area (Å²) in [6.07, 6.45) is 0.701. The van der Waals surface area contributed by atoms with Crippen molar-refractivity contribution in [3.05, 3.63) is 59.9 Å². The predicted octanol–water partition coefficient (Wildman–Crippen LogP) is 4.15. The number of anilines is 1. The molecule has 2 aromatic carbocycles. The largest absolute Gasteiger partial charge is 0.494 e. The molecule has 0 fully saturated rings. The van der Waals surface area contributed by atoms with Crippen molar-refractivity contribution in [1.29, 1.82) is 0 Å². The van der Waals surface area contributed by atoms with Crippen molar-refractivity contribution >= 4 is 44.4 Å². The van der Waals surface area contributed by atoms with Crippen molar-refractivity contribution in [2.45, 2.75) is 18.5 Å². The van der Waals surface area contributed by atoms with Crippen molar-refractivity contribution in [3.8, 4) is 5.75 Å². The van der Waals surface area contributed by atoms with Crippen molar-refractivity contribution in [2.75, 3.05) is 17.7 Å². The molecule has 9 heteroatoms. The monoisotopic (exact) mass is 439 g/mol. The average molecular weight is 440 g/mol. The van der Waals surface area contributed by atoms with E-state index in [0.717, 1.165) is 21.8 Å². The first kappa shape index (κ1) is 20.4. The SMILES string of the molecule is CCOc1ccc2nc(NC(=O)CSc3nnc(Cc4ccccc4)n3C)sc2c1. The molecule has 4 aromatic rings. The number of benzene rings is 2. The van der Waals surface area contributed by atoms with Gasteiger partial charge in [0.05, 0.1) is 22.6 Å². The maximum Gasteiger partial charge on any atom is 0.236 e. The second-order valence-corrected chi connectivity index (χ2v) is 8.51. The van der Waals surface area contributed by atoms with Crippen LogP contribution in [0.1, 0.15) is 18.3 Å². The topological polar surface area (TPSA) is 81.9 Å². The molecule has 0 unspecified atom stereocenters. The number of carbonyl (C=O) groups excluding carboxylic acids is 1. The minimum absolute atomic E-state index is 0.128. The van der Waals surface area contributed by atoms with Gasteiger partial charge in [-0.2, -0.15) is 0 Å². The zero-order chi connectivity index (χ0) is 20.9. The van der Waals surface area contributed by atoms with E-state index in [-0.39, 0.29) is 11.7 Å². The van der Waals surface area contributed by atoms with E-state index in [4.69, 9.17) is 4.74 Å². The minimum Gasteiger partial charge on any atom is -0.494 e. The van der Waals surface area contributed by atoms with Gasteiger partial charge in [-0.3, -0.25) is 4.79 Å². The number of hydrogen-bond acceptors (Lipinski definition) is 7. The number of nitrogens with one attached hydrogen (secondary N) is 1. The van der Waals surface area contributed by atoms with Crippen LogP contribution >= 0.6 is 23.1 Å². The van der Waals surface area contributed by atoms with Gasteiger partial charge in [-0.15, -0.1) is 10.2 Å². The predicted molar refractivity (Wildman–Crippen MR) is 120 cm³/mol. The van der Waals surface area contributed by atoms with E-state index in [1.54, 1.807) is 0 Å². The van der Waals surface area contributed by atoms with E-state index in [2.05, 4.69) is 32.6 Å². The van der Waals surface area contributed by atoms with Crippen LogP contribution in [0.15, 0.2) is 53.7 Å². The first-order valence-electron chi connectivity index (χ1n) is 9.50. The molecule has 0 saturated carbocycles. The number of ether oxygens (including phenoxy) is 1. The van der Waals surface area contributed by atoms with Gasteiger partial charge in [-0.25, -0.2) is 4.98 Å². The second-order valence-electron chi connectivity index (χ2n) is 6.54. The summed E-state index contributed by atoms with van der Waals surface area (Å²) in [6, 6.07) is 15.8. The molecule has 0 aliphatic rings. The second kappa shape index (κ2) is 9.27. The molecule has 2 aromatic heterocycles. The lowest BCUT2D eigenvalue weighted by Gasteiger charge is -2.04. The number of carbonyl (C=O) groups is 1. The van der Waals surface area contributed by atoms with E-state index in [9.17, 15) is 4.79 Å². The van der Waals surface area contributed by atoms with Crippen LogP contribution in [-0.4, -0.2) is 38.0 Å². The van der Waals surface area contributed by atoms with Crippen molar-refractivity contribution in [1.82, 2.24) is 19.7 Å². The molecular weight excluding hydrogens is 418 g/mol. The molecule has 0 bridgehead atoms. The Morgan fingerprint density at radius 3 is 2.83 bits per heavy atom. The van der Waals surface area contributed by atoms with Gasteiger partial charge in [0.25, 0.3) is 0 Å². The number of thiazole rings is 1. The van der Waals surface area contributed by atoms with Gasteiger partial charge in [0.15, 0.2) is 10.3 Å². The molecule has 0 radical (unpaired) electrons. The summed E-state index contributed by atoms with van der Waals surface area (Å²) in [5.41, 5.74) is 2.01. The standard InChI is InChI=1S/C21H21N5O2S2/c1-3-28-15-9-10-16-17(12-15)30-20(22-16)23-19(27)13-29-21-25-24-18(26(21)2)11-14-7-5-4-6-8-14/h4-10,12H,3,11,13H2,1-2H3,(H,22,23,27). The third-order valence-corrected chi connectivity index (χ3v) is 6.33. The molecule has 0 atom stereocenters. The van der Waals surface area contributed by atoms with Gasteiger partial charge in [0.1, 0.15) is 11.6 Å². The maximum atomic E-state index is 12.4. The molecule has 0 saturated heterocycles. The van der Waals surface area contributed by atoms with E-state index >= 15 is 0 Å². The number of hydrogen-bond donors (Lipinski definition) is 1. The summed E-state index contributed by atoms with van der Waals surface area (Å²) in [5, 5.41) is 12.6. The van der Waals surface area contributed by atoms with Crippen molar-refractivity contribution in [3.63, 3.8) is 0 Å². The number of thioether (sulfide) groups is 1. The van der Waals surface area contributed by atoms with Crippen LogP contribution in [0.2, 0.25) is 0 Å². The summed E-state index contributed by atoms with van der Waals surface area (Å²) < 4.78 is 8.42. The summed E-state index contributed by atoms with van der Waals surface area (Å²) >= 11 is 2.79. The summed E-state index contributed by atoms with van der Waals surface area (Å²) in [7, 11) is 1.92. The van der Waals surface area contributed by atoms with Gasteiger partial charge >= 0.3 is 0 Å². The Bertz CT molecular complexity index is 1160. The fourth-order valence-corrected chi connectivity index (χ4v) is 4.54. The van der Waals surface area contributed by atoms with Crippen molar-refractivity contribution in [2.24, 2.45) is 7.05 Å². The summed E-state index contributed by atoms with van der Waals surface area (Å²) in [6.45, 7) is 2.56. The Hall–Kier alpha value is -2.91. The molecule has 0 spiro atoms. The number of aromatic nitrogens is 4. The van der Waals surface area contributed by atoms with Gasteiger partial charge < -0.3 is 14.6 Å². The van der Waals surface area contributed by atoms with Gasteiger partial charge in [-0.1, -0.05) is 53.4 Å². The van der Waals surface area contributed by atoms with Crippen LogP contribution in [0.3, 0.4) is 0 Å². The number of fused-ring (bicyclic) bond motifs is 1. The molecule has 0 aliphatic carbocycles. The molecule has 1 amide bonds. The van der Waals surface area contributed by atoms with Gasteiger partial charge in [0.2, 0.25) is 5.91 Å². The van der Waals surface area contributed by atoms with Gasteiger partial charge in [0, 0.05) is 13.5 Å². The number of amides is 1. The Kier molecular flexibility index (Phi) is 6.29. The fraction of sp³-hybridized carbons (Fsp3) is 0.238. The Balaban J connectivity index is 1.35. The summed E-state index contributed by atoms with van der Waals surface area (Å²) in [4.78, 5) is 16.9. The lowest BCUT2D eigenvalue weighted by Crippen LogP contribution is -2.14. The minimum atomic E-state index is -0.128. The van der Waals surface area contributed by atoms with Gasteiger partial charge in [-0.05, 0) is 30.7 Å². The molecule has 0 aliphatic heterocycles. The molecular formula is C21H21N5O2S2. The highest BCUT2D eigenvalue weighted by molar-refractivity contribution is 7.99. The Morgan fingerprint density at radius 1 is 1.20 bits per heavy atom. The molecule has 7 nitrogen and oxygen atoms in total. The van der Waals surface area contributed by atoms with E-state index in [0.29, 0.717) is 23.3 Å². The van der Waals surface area contributed by atoms with Crippen LogP contribution in [-0.2, 0) is 18.3 Å². The van der Waals surface area contributed by atoms with Crippen LogP contribution in [0, 0.1) is 0 Å². The Labute approximate surface area is 182 Å². The highest BCUT2D eigenvalue weighted by atomic mass is 32.2. The van der Waals surface area contributed by atoms with E-state index < -0.39 is 0 Å². The zero-order valence-corrected chi connectivity index (χ0v) is 18.3. The Morgan fingerprint density at radius 2 is 2.03 bits per heavy atom. The first-order valence-corrected chi connectivity index (χ1v) is 11.3. The van der Waals surface area contributed by atoms with E-state index in [1.165, 1.54) is 28.7 Å². The lowest BCUT2D eigenvalue weighted by atomic mass is 10.1. The normalized spacial score (nSPS) is 11.0. The molecule has 4 rings (SSSR count). The summed E-state index contributed by atoms with van der Waals surface area (Å²) in [5.74, 6) is 1.77. The fourth-order valence-electron chi connectivity index (χ4n) is 2.90. The first-order chi connectivity index (χ1) is 14.6. The number of rotatable bonds is 8. The van der Waals surface area contributed by atoms with Crippen LogP contribution in [0.5, 0.6) is 5.75 Å². The molecule has 154 valence electrons. The quantitative estimate of drug-likeness (QED) is 0.416. The lowest BCUT2D eigenvalue weighted by molar-refractivity contribution is -0.113. The average Bonchev–Trinajstić information content (AvgIpc) is 3.30. The number of nitrogens with zero attached hydrogens (tertiary/aromatic N) is 4. The van der Waals surface area contributed by atoms with E-state index in [1.807, 2.05) is 54.9 Å². The maximum absolute atomic E-state index is 12.4. The molecule has 30 heavy (non-hydrogen) atoms. The zero-order valence-electron chi connectivity index (χ0n) is 16.7. The van der Waals surface area contributed by atoms with Crippen LogP contribution in [0.4, 0.5) is 5.13 Å². The van der Waals surface area contributed by atoms with Crippen LogP contribution in [0.25, 0.3) is 10.2 Å². The highest BCUT2D eigenvalue weighted by Crippen LogP contribution is 2.29.